The first-order chi connectivity index (χ1) is 10.5. The third-order valence-corrected chi connectivity index (χ3v) is 5.42. The summed E-state index contributed by atoms with van der Waals surface area (Å²) in [6, 6.07) is 14.4. The summed E-state index contributed by atoms with van der Waals surface area (Å²) in [5.74, 6) is -0.0783. The lowest BCUT2D eigenvalue weighted by atomic mass is 10.1. The Morgan fingerprint density at radius 2 is 1.82 bits per heavy atom. The van der Waals surface area contributed by atoms with E-state index in [1.807, 2.05) is 55.5 Å². The molecular formula is C17H19NO3S. The SMILES string of the molecule is Cc1ccccc1CS(=O)(=O)NC1c2ccccc2CC1O. The van der Waals surface area contributed by atoms with Crippen LogP contribution in [0.2, 0.25) is 0 Å². The molecule has 2 N–H and O–H groups in total. The fourth-order valence-electron chi connectivity index (χ4n) is 2.93. The molecule has 0 bridgehead atoms. The maximum Gasteiger partial charge on any atom is 0.216 e. The number of aliphatic hydroxyl groups is 1. The van der Waals surface area contributed by atoms with E-state index in [9.17, 15) is 13.5 Å². The smallest absolute Gasteiger partial charge is 0.216 e. The summed E-state index contributed by atoms with van der Waals surface area (Å²) in [7, 11) is -3.53. The molecule has 2 unspecified atom stereocenters. The van der Waals surface area contributed by atoms with Crippen molar-refractivity contribution in [3.63, 3.8) is 0 Å². The minimum absolute atomic E-state index is 0.0783. The van der Waals surface area contributed by atoms with Gasteiger partial charge in [-0.25, -0.2) is 13.1 Å². The maximum absolute atomic E-state index is 12.4. The van der Waals surface area contributed by atoms with Gasteiger partial charge in [0.25, 0.3) is 0 Å². The second-order valence-electron chi connectivity index (χ2n) is 5.75. The Hall–Kier alpha value is -1.69. The number of hydrogen-bond acceptors (Lipinski definition) is 3. The second-order valence-corrected chi connectivity index (χ2v) is 7.51. The first-order valence-electron chi connectivity index (χ1n) is 7.27. The van der Waals surface area contributed by atoms with Gasteiger partial charge in [0.15, 0.2) is 0 Å². The fraction of sp³-hybridized carbons (Fsp3) is 0.294. The van der Waals surface area contributed by atoms with Gasteiger partial charge in [0.05, 0.1) is 17.9 Å². The van der Waals surface area contributed by atoms with E-state index in [2.05, 4.69) is 4.72 Å². The van der Waals surface area contributed by atoms with Crippen molar-refractivity contribution < 1.29 is 13.5 Å². The van der Waals surface area contributed by atoms with E-state index in [0.29, 0.717) is 6.42 Å². The maximum atomic E-state index is 12.4. The van der Waals surface area contributed by atoms with Gasteiger partial charge < -0.3 is 5.11 Å². The summed E-state index contributed by atoms with van der Waals surface area (Å²) in [6.07, 6.45) is -0.239. The zero-order valence-electron chi connectivity index (χ0n) is 12.4. The van der Waals surface area contributed by atoms with Crippen molar-refractivity contribution in [2.75, 3.05) is 0 Å². The van der Waals surface area contributed by atoms with Gasteiger partial charge in [-0.2, -0.15) is 0 Å². The van der Waals surface area contributed by atoms with Crippen LogP contribution in [0.1, 0.15) is 28.3 Å². The molecule has 0 heterocycles. The van der Waals surface area contributed by atoms with E-state index in [-0.39, 0.29) is 5.75 Å². The molecular weight excluding hydrogens is 298 g/mol. The van der Waals surface area contributed by atoms with Crippen LogP contribution in [0.3, 0.4) is 0 Å². The highest BCUT2D eigenvalue weighted by Gasteiger charge is 2.33. The minimum atomic E-state index is -3.53. The van der Waals surface area contributed by atoms with Gasteiger partial charge in [0, 0.05) is 6.42 Å². The topological polar surface area (TPSA) is 66.4 Å². The van der Waals surface area contributed by atoms with Gasteiger partial charge >= 0.3 is 0 Å². The molecule has 116 valence electrons. The molecule has 0 aliphatic heterocycles. The molecule has 0 amide bonds. The van der Waals surface area contributed by atoms with Crippen LogP contribution in [0.15, 0.2) is 48.5 Å². The first kappa shape index (κ1) is 15.2. The average Bonchev–Trinajstić information content (AvgIpc) is 2.77. The molecule has 1 aliphatic rings. The van der Waals surface area contributed by atoms with E-state index >= 15 is 0 Å². The molecule has 0 radical (unpaired) electrons. The van der Waals surface area contributed by atoms with Crippen molar-refractivity contribution >= 4 is 10.0 Å². The highest BCUT2D eigenvalue weighted by molar-refractivity contribution is 7.88. The van der Waals surface area contributed by atoms with Crippen LogP contribution in [0.4, 0.5) is 0 Å². The number of aryl methyl sites for hydroxylation is 1. The molecule has 0 spiro atoms. The van der Waals surface area contributed by atoms with Gasteiger partial charge in [-0.05, 0) is 29.2 Å². The average molecular weight is 317 g/mol. The molecule has 0 aromatic heterocycles. The van der Waals surface area contributed by atoms with Crippen molar-refractivity contribution in [1.82, 2.24) is 4.72 Å². The molecule has 1 aliphatic carbocycles. The molecule has 3 rings (SSSR count). The molecule has 5 heteroatoms. The number of rotatable bonds is 4. The molecule has 2 aromatic rings. The molecule has 0 saturated carbocycles. The molecule has 2 atom stereocenters. The number of aliphatic hydroxyl groups excluding tert-OH is 1. The van der Waals surface area contributed by atoms with E-state index in [0.717, 1.165) is 22.3 Å². The molecule has 22 heavy (non-hydrogen) atoms. The van der Waals surface area contributed by atoms with Gasteiger partial charge in [0.2, 0.25) is 10.0 Å². The third-order valence-electron chi connectivity index (χ3n) is 4.12. The molecule has 2 aromatic carbocycles. The van der Waals surface area contributed by atoms with Crippen molar-refractivity contribution in [2.45, 2.75) is 31.2 Å². The van der Waals surface area contributed by atoms with Crippen LogP contribution in [-0.4, -0.2) is 19.6 Å². The summed E-state index contributed by atoms with van der Waals surface area (Å²) in [6.45, 7) is 1.89. The quantitative estimate of drug-likeness (QED) is 0.907. The standard InChI is InChI=1S/C17H19NO3S/c1-12-6-2-3-8-14(12)11-22(20,21)18-17-15-9-5-4-7-13(15)10-16(17)19/h2-9,16-19H,10-11H2,1H3. The summed E-state index contributed by atoms with van der Waals surface area (Å²) in [5.41, 5.74) is 3.58. The molecule has 0 fully saturated rings. The number of fused-ring (bicyclic) bond motifs is 1. The van der Waals surface area contributed by atoms with Crippen molar-refractivity contribution in [2.24, 2.45) is 0 Å². The molecule has 4 nitrogen and oxygen atoms in total. The van der Waals surface area contributed by atoms with Crippen molar-refractivity contribution in [3.8, 4) is 0 Å². The van der Waals surface area contributed by atoms with Crippen LogP contribution >= 0.6 is 0 Å². The van der Waals surface area contributed by atoms with E-state index in [1.54, 1.807) is 0 Å². The van der Waals surface area contributed by atoms with Gasteiger partial charge in [-0.1, -0.05) is 48.5 Å². The van der Waals surface area contributed by atoms with Gasteiger partial charge in [-0.3, -0.25) is 0 Å². The Balaban J connectivity index is 1.82. The van der Waals surface area contributed by atoms with E-state index in [4.69, 9.17) is 0 Å². The van der Waals surface area contributed by atoms with Crippen molar-refractivity contribution in [1.29, 1.82) is 0 Å². The van der Waals surface area contributed by atoms with E-state index in [1.165, 1.54) is 0 Å². The highest BCUT2D eigenvalue weighted by Crippen LogP contribution is 2.32. The number of nitrogens with one attached hydrogen (secondary N) is 1. The van der Waals surface area contributed by atoms with E-state index < -0.39 is 22.2 Å². The summed E-state index contributed by atoms with van der Waals surface area (Å²) >= 11 is 0. The van der Waals surface area contributed by atoms with Crippen LogP contribution < -0.4 is 4.72 Å². The zero-order chi connectivity index (χ0) is 15.7. The lowest BCUT2D eigenvalue weighted by Crippen LogP contribution is -2.34. The predicted molar refractivity (Wildman–Crippen MR) is 85.8 cm³/mol. The molecule has 0 saturated heterocycles. The first-order valence-corrected chi connectivity index (χ1v) is 8.92. The number of benzene rings is 2. The Morgan fingerprint density at radius 1 is 1.14 bits per heavy atom. The lowest BCUT2D eigenvalue weighted by molar-refractivity contribution is 0.151. The fourth-order valence-corrected chi connectivity index (χ4v) is 4.42. The number of hydrogen-bond donors (Lipinski definition) is 2. The monoisotopic (exact) mass is 317 g/mol. The Kier molecular flexibility index (Phi) is 4.04. The van der Waals surface area contributed by atoms with Gasteiger partial charge in [-0.15, -0.1) is 0 Å². The Bertz CT molecular complexity index is 786. The Labute approximate surface area is 130 Å². The normalized spacial score (nSPS) is 20.8. The zero-order valence-corrected chi connectivity index (χ0v) is 13.2. The Morgan fingerprint density at radius 3 is 2.59 bits per heavy atom. The van der Waals surface area contributed by atoms with Crippen molar-refractivity contribution in [3.05, 3.63) is 70.8 Å². The summed E-state index contributed by atoms with van der Waals surface area (Å²) in [4.78, 5) is 0. The van der Waals surface area contributed by atoms with Crippen LogP contribution in [0.5, 0.6) is 0 Å². The van der Waals surface area contributed by atoms with Crippen LogP contribution in [0.25, 0.3) is 0 Å². The second kappa shape index (κ2) is 5.83. The van der Waals surface area contributed by atoms with Crippen LogP contribution in [0, 0.1) is 6.92 Å². The van der Waals surface area contributed by atoms with Gasteiger partial charge in [0.1, 0.15) is 0 Å². The van der Waals surface area contributed by atoms with Crippen LogP contribution in [-0.2, 0) is 22.2 Å². The lowest BCUT2D eigenvalue weighted by Gasteiger charge is -2.18. The highest BCUT2D eigenvalue weighted by atomic mass is 32.2. The number of sulfonamides is 1. The minimum Gasteiger partial charge on any atom is -0.391 e. The summed E-state index contributed by atoms with van der Waals surface area (Å²) < 4.78 is 27.5. The predicted octanol–water partition coefficient (Wildman–Crippen LogP) is 2.07. The largest absolute Gasteiger partial charge is 0.391 e. The third kappa shape index (κ3) is 3.06. The summed E-state index contributed by atoms with van der Waals surface area (Å²) in [5, 5.41) is 10.2.